The van der Waals surface area contributed by atoms with Gasteiger partial charge in [-0.25, -0.2) is 8.42 Å². The molecule has 3 aromatic rings. The summed E-state index contributed by atoms with van der Waals surface area (Å²) in [6, 6.07) is 11.1. The van der Waals surface area contributed by atoms with Crippen LogP contribution in [0.2, 0.25) is 0 Å². The van der Waals surface area contributed by atoms with Crippen molar-refractivity contribution in [1.29, 1.82) is 0 Å². The Hall–Kier alpha value is -3.40. The van der Waals surface area contributed by atoms with Gasteiger partial charge in [-0.2, -0.15) is 0 Å². The first-order chi connectivity index (χ1) is 13.8. The Morgan fingerprint density at radius 2 is 1.72 bits per heavy atom. The number of sulfone groups is 1. The fourth-order valence-electron chi connectivity index (χ4n) is 2.56. The van der Waals surface area contributed by atoms with Crippen molar-refractivity contribution in [3.8, 4) is 23.0 Å². The molecule has 0 aliphatic carbocycles. The number of nitrogens with zero attached hydrogens (tertiary/aromatic N) is 2. The van der Waals surface area contributed by atoms with Crippen LogP contribution >= 0.6 is 0 Å². The fraction of sp³-hybridized carbons (Fsp3) is 0.211. The summed E-state index contributed by atoms with van der Waals surface area (Å²) in [4.78, 5) is 12.4. The van der Waals surface area contributed by atoms with Gasteiger partial charge in [-0.05, 0) is 35.9 Å². The Morgan fingerprint density at radius 1 is 1.03 bits per heavy atom. The van der Waals surface area contributed by atoms with E-state index in [-0.39, 0.29) is 29.1 Å². The van der Waals surface area contributed by atoms with Crippen molar-refractivity contribution in [3.63, 3.8) is 0 Å². The van der Waals surface area contributed by atoms with Crippen LogP contribution in [-0.2, 0) is 21.1 Å². The van der Waals surface area contributed by atoms with Crippen molar-refractivity contribution in [2.75, 3.05) is 25.8 Å². The Kier molecular flexibility index (Phi) is 5.83. The third kappa shape index (κ3) is 4.91. The Balaban J connectivity index is 1.67. The molecule has 0 unspecified atom stereocenters. The highest BCUT2D eigenvalue weighted by atomic mass is 32.2. The van der Waals surface area contributed by atoms with Crippen LogP contribution in [0.15, 0.2) is 51.8 Å². The number of rotatable bonds is 7. The predicted molar refractivity (Wildman–Crippen MR) is 105 cm³/mol. The normalized spacial score (nSPS) is 11.1. The molecule has 1 amide bonds. The minimum atomic E-state index is -3.28. The second kappa shape index (κ2) is 8.31. The molecule has 9 nitrogen and oxygen atoms in total. The van der Waals surface area contributed by atoms with Crippen LogP contribution in [0.3, 0.4) is 0 Å². The minimum absolute atomic E-state index is 0.0259. The summed E-state index contributed by atoms with van der Waals surface area (Å²) >= 11 is 0. The van der Waals surface area contributed by atoms with Gasteiger partial charge in [0.05, 0.1) is 25.5 Å². The van der Waals surface area contributed by atoms with Gasteiger partial charge in [-0.1, -0.05) is 17.2 Å². The third-order valence-corrected chi connectivity index (χ3v) is 5.15. The highest BCUT2D eigenvalue weighted by molar-refractivity contribution is 7.90. The molecule has 0 atom stereocenters. The maximum atomic E-state index is 12.2. The zero-order valence-electron chi connectivity index (χ0n) is 16.0. The predicted octanol–water partition coefficient (Wildman–Crippen LogP) is 2.34. The summed E-state index contributed by atoms with van der Waals surface area (Å²) in [5.41, 5.74) is 1.25. The quantitative estimate of drug-likeness (QED) is 0.622. The van der Waals surface area contributed by atoms with Crippen molar-refractivity contribution >= 4 is 21.8 Å². The van der Waals surface area contributed by atoms with Crippen LogP contribution in [0.1, 0.15) is 5.56 Å². The largest absolute Gasteiger partial charge is 0.493 e. The summed E-state index contributed by atoms with van der Waals surface area (Å²) in [5.74, 6) is 0.899. The van der Waals surface area contributed by atoms with Crippen LogP contribution < -0.4 is 14.8 Å². The van der Waals surface area contributed by atoms with Crippen LogP contribution in [0, 0.1) is 0 Å². The molecular formula is C19H19N3O6S. The second-order valence-electron chi connectivity index (χ2n) is 6.12. The summed E-state index contributed by atoms with van der Waals surface area (Å²) in [7, 11) is -0.229. The molecule has 0 aliphatic rings. The number of hydrogen-bond acceptors (Lipinski definition) is 8. The smallest absolute Gasteiger partial charge is 0.322 e. The lowest BCUT2D eigenvalue weighted by Crippen LogP contribution is -2.14. The maximum absolute atomic E-state index is 12.2. The number of anilines is 1. The van der Waals surface area contributed by atoms with Crippen LogP contribution in [0.4, 0.5) is 6.01 Å². The number of aromatic nitrogens is 2. The highest BCUT2D eigenvalue weighted by Crippen LogP contribution is 2.32. The topological polar surface area (TPSA) is 121 Å². The molecule has 0 fully saturated rings. The van der Waals surface area contributed by atoms with E-state index in [1.807, 2.05) is 0 Å². The fourth-order valence-corrected chi connectivity index (χ4v) is 3.19. The average Bonchev–Trinajstić information content (AvgIpc) is 3.15. The highest BCUT2D eigenvalue weighted by Gasteiger charge is 2.14. The van der Waals surface area contributed by atoms with Gasteiger partial charge in [-0.3, -0.25) is 10.1 Å². The Labute approximate surface area is 167 Å². The molecule has 3 rings (SSSR count). The first kappa shape index (κ1) is 20.3. The molecular weight excluding hydrogens is 398 g/mol. The van der Waals surface area contributed by atoms with Gasteiger partial charge in [0.25, 0.3) is 0 Å². The molecule has 2 aromatic carbocycles. The number of carbonyl (C=O) groups excluding carboxylic acids is 1. The van der Waals surface area contributed by atoms with Crippen molar-refractivity contribution in [3.05, 3.63) is 48.0 Å². The van der Waals surface area contributed by atoms with Crippen molar-refractivity contribution in [1.82, 2.24) is 10.2 Å². The molecule has 0 saturated carbocycles. The standard InChI is InChI=1S/C19H19N3O6S/c1-26-15-9-6-13(11-16(15)27-2)18-21-22-19(28-18)20-17(23)10-12-4-7-14(8-5-12)29(3,24)25/h4-9,11H,10H2,1-3H3,(H,20,22,23). The van der Waals surface area contributed by atoms with Gasteiger partial charge >= 0.3 is 6.01 Å². The summed E-state index contributed by atoms with van der Waals surface area (Å²) in [6.07, 6.45) is 1.15. The van der Waals surface area contributed by atoms with Crippen molar-refractivity contribution in [2.24, 2.45) is 0 Å². The molecule has 0 bridgehead atoms. The third-order valence-electron chi connectivity index (χ3n) is 4.02. The van der Waals surface area contributed by atoms with E-state index in [9.17, 15) is 13.2 Å². The molecule has 0 aliphatic heterocycles. The van der Waals surface area contributed by atoms with Crippen molar-refractivity contribution in [2.45, 2.75) is 11.3 Å². The van der Waals surface area contributed by atoms with Crippen LogP contribution in [0.5, 0.6) is 11.5 Å². The van der Waals surface area contributed by atoms with Crippen LogP contribution in [-0.4, -0.2) is 45.0 Å². The van der Waals surface area contributed by atoms with E-state index in [0.717, 1.165) is 6.26 Å². The summed E-state index contributed by atoms with van der Waals surface area (Å²) in [5, 5.41) is 10.3. The molecule has 1 heterocycles. The average molecular weight is 417 g/mol. The lowest BCUT2D eigenvalue weighted by molar-refractivity contribution is -0.115. The molecule has 10 heteroatoms. The monoisotopic (exact) mass is 417 g/mol. The summed E-state index contributed by atoms with van der Waals surface area (Å²) < 4.78 is 38.9. The molecule has 29 heavy (non-hydrogen) atoms. The molecule has 1 aromatic heterocycles. The minimum Gasteiger partial charge on any atom is -0.493 e. The number of ether oxygens (including phenoxy) is 2. The lowest BCUT2D eigenvalue weighted by atomic mass is 10.1. The number of benzene rings is 2. The molecule has 0 radical (unpaired) electrons. The lowest BCUT2D eigenvalue weighted by Gasteiger charge is -2.07. The molecule has 1 N–H and O–H groups in total. The van der Waals surface area contributed by atoms with Crippen LogP contribution in [0.25, 0.3) is 11.5 Å². The zero-order chi connectivity index (χ0) is 21.0. The number of methoxy groups -OCH3 is 2. The van der Waals surface area contributed by atoms with E-state index in [0.29, 0.717) is 22.6 Å². The van der Waals surface area contributed by atoms with E-state index in [2.05, 4.69) is 15.5 Å². The Morgan fingerprint density at radius 3 is 2.34 bits per heavy atom. The van der Waals surface area contributed by atoms with E-state index in [4.69, 9.17) is 13.9 Å². The van der Waals surface area contributed by atoms with Gasteiger partial charge in [0.2, 0.25) is 11.8 Å². The first-order valence-corrected chi connectivity index (χ1v) is 10.3. The molecule has 152 valence electrons. The first-order valence-electron chi connectivity index (χ1n) is 8.45. The second-order valence-corrected chi connectivity index (χ2v) is 8.14. The SMILES string of the molecule is COc1ccc(-c2nnc(NC(=O)Cc3ccc(S(C)(=O)=O)cc3)o2)cc1OC. The number of carbonyl (C=O) groups is 1. The summed E-state index contributed by atoms with van der Waals surface area (Å²) in [6.45, 7) is 0. The van der Waals surface area contributed by atoms with E-state index < -0.39 is 9.84 Å². The van der Waals surface area contributed by atoms with E-state index in [1.165, 1.54) is 26.4 Å². The van der Waals surface area contributed by atoms with E-state index in [1.54, 1.807) is 30.3 Å². The molecule has 0 saturated heterocycles. The van der Waals surface area contributed by atoms with Gasteiger partial charge in [0, 0.05) is 11.8 Å². The maximum Gasteiger partial charge on any atom is 0.322 e. The number of amides is 1. The van der Waals surface area contributed by atoms with E-state index >= 15 is 0 Å². The number of hydrogen-bond donors (Lipinski definition) is 1. The van der Waals surface area contributed by atoms with Gasteiger partial charge < -0.3 is 13.9 Å². The molecule has 0 spiro atoms. The van der Waals surface area contributed by atoms with Gasteiger partial charge in [0.1, 0.15) is 0 Å². The van der Waals surface area contributed by atoms with Gasteiger partial charge in [0.15, 0.2) is 21.3 Å². The van der Waals surface area contributed by atoms with Gasteiger partial charge in [-0.15, -0.1) is 5.10 Å². The number of nitrogens with one attached hydrogen (secondary N) is 1. The Bertz CT molecular complexity index is 1120. The van der Waals surface area contributed by atoms with Crippen molar-refractivity contribution < 1.29 is 27.1 Å². The zero-order valence-corrected chi connectivity index (χ0v) is 16.8.